The first kappa shape index (κ1) is 11.0. The van der Waals surface area contributed by atoms with E-state index in [4.69, 9.17) is 22.6 Å². The van der Waals surface area contributed by atoms with E-state index < -0.39 is 11.4 Å². The molecule has 0 heterocycles. The molecule has 0 amide bonds. The van der Waals surface area contributed by atoms with Crippen molar-refractivity contribution in [2.24, 2.45) is 5.73 Å². The molecule has 1 aromatic rings. The molecule has 2 N–H and O–H groups in total. The predicted molar refractivity (Wildman–Crippen MR) is 53.3 cm³/mol. The van der Waals surface area contributed by atoms with E-state index >= 15 is 0 Å². The van der Waals surface area contributed by atoms with Crippen molar-refractivity contribution in [2.75, 3.05) is 0 Å². The molecule has 0 aromatic heterocycles. The van der Waals surface area contributed by atoms with Crippen molar-refractivity contribution in [1.29, 1.82) is 5.26 Å². The highest BCUT2D eigenvalue weighted by Crippen LogP contribution is 2.22. The summed E-state index contributed by atoms with van der Waals surface area (Å²) < 4.78 is 13.3. The molecule has 74 valence electrons. The van der Waals surface area contributed by atoms with E-state index in [0.717, 1.165) is 0 Å². The topological polar surface area (TPSA) is 49.8 Å². The second kappa shape index (κ2) is 3.95. The summed E-state index contributed by atoms with van der Waals surface area (Å²) in [6.07, 6.45) is 0.106. The summed E-state index contributed by atoms with van der Waals surface area (Å²) in [6, 6.07) is 6.29. The number of halogens is 2. The van der Waals surface area contributed by atoms with Crippen molar-refractivity contribution in [1.82, 2.24) is 0 Å². The molecule has 4 heteroatoms. The van der Waals surface area contributed by atoms with Crippen LogP contribution in [-0.2, 0) is 6.42 Å². The standard InChI is InChI=1S/C10H10ClFN2/c1-10(14,6-13)5-7-8(11)3-2-4-9(7)12/h2-4H,5,14H2,1H3. The molecular weight excluding hydrogens is 203 g/mol. The third-order valence-corrected chi connectivity index (χ3v) is 2.22. The fourth-order valence-electron chi connectivity index (χ4n) is 1.11. The Morgan fingerprint density at radius 1 is 1.64 bits per heavy atom. The van der Waals surface area contributed by atoms with Gasteiger partial charge in [0.15, 0.2) is 0 Å². The number of nitrogens with two attached hydrogens (primary N) is 1. The minimum atomic E-state index is -1.09. The number of hydrogen-bond donors (Lipinski definition) is 1. The Kier molecular flexibility index (Phi) is 3.10. The van der Waals surface area contributed by atoms with Crippen molar-refractivity contribution >= 4 is 11.6 Å². The average molecular weight is 213 g/mol. The number of hydrogen-bond acceptors (Lipinski definition) is 2. The van der Waals surface area contributed by atoms with Crippen LogP contribution in [0.2, 0.25) is 5.02 Å². The van der Waals surface area contributed by atoms with Crippen molar-refractivity contribution in [2.45, 2.75) is 18.9 Å². The van der Waals surface area contributed by atoms with E-state index in [1.807, 2.05) is 6.07 Å². The number of benzene rings is 1. The molecule has 0 aliphatic carbocycles. The van der Waals surface area contributed by atoms with Crippen molar-refractivity contribution in [3.8, 4) is 6.07 Å². The number of nitriles is 1. The predicted octanol–water partition coefficient (Wildman–Crippen LogP) is 2.26. The molecular formula is C10H10ClFN2. The zero-order chi connectivity index (χ0) is 10.8. The lowest BCUT2D eigenvalue weighted by Crippen LogP contribution is -2.37. The number of nitrogens with zero attached hydrogens (tertiary/aromatic N) is 1. The van der Waals surface area contributed by atoms with Crippen LogP contribution < -0.4 is 5.73 Å². The lowest BCUT2D eigenvalue weighted by Gasteiger charge is -2.16. The largest absolute Gasteiger partial charge is 0.313 e. The van der Waals surface area contributed by atoms with Gasteiger partial charge < -0.3 is 5.73 Å². The summed E-state index contributed by atoms with van der Waals surface area (Å²) in [7, 11) is 0. The smallest absolute Gasteiger partial charge is 0.127 e. The SMILES string of the molecule is CC(N)(C#N)Cc1c(F)cccc1Cl. The van der Waals surface area contributed by atoms with Gasteiger partial charge in [0.25, 0.3) is 0 Å². The quantitative estimate of drug-likeness (QED) is 0.818. The maximum Gasteiger partial charge on any atom is 0.127 e. The molecule has 14 heavy (non-hydrogen) atoms. The molecule has 2 nitrogen and oxygen atoms in total. The fourth-order valence-corrected chi connectivity index (χ4v) is 1.34. The molecule has 1 rings (SSSR count). The Morgan fingerprint density at radius 3 is 2.79 bits per heavy atom. The summed E-state index contributed by atoms with van der Waals surface area (Å²) in [5, 5.41) is 9.00. The van der Waals surface area contributed by atoms with Crippen LogP contribution in [0.25, 0.3) is 0 Å². The third kappa shape index (κ3) is 2.44. The first-order valence-electron chi connectivity index (χ1n) is 4.09. The van der Waals surface area contributed by atoms with Crippen LogP contribution in [0.15, 0.2) is 18.2 Å². The fraction of sp³-hybridized carbons (Fsp3) is 0.300. The Hall–Kier alpha value is -1.11. The first-order chi connectivity index (χ1) is 6.46. The highest BCUT2D eigenvalue weighted by atomic mass is 35.5. The molecule has 0 radical (unpaired) electrons. The van der Waals surface area contributed by atoms with Gasteiger partial charge >= 0.3 is 0 Å². The van der Waals surface area contributed by atoms with Crippen molar-refractivity contribution in [3.05, 3.63) is 34.6 Å². The average Bonchev–Trinajstić information content (AvgIpc) is 2.12. The summed E-state index contributed by atoms with van der Waals surface area (Å²) in [4.78, 5) is 0. The molecule has 0 bridgehead atoms. The lowest BCUT2D eigenvalue weighted by molar-refractivity contribution is 0.553. The van der Waals surface area contributed by atoms with Gasteiger partial charge in [-0.2, -0.15) is 5.26 Å². The molecule has 0 aliphatic heterocycles. The van der Waals surface area contributed by atoms with Gasteiger partial charge in [0.1, 0.15) is 11.4 Å². The van der Waals surface area contributed by atoms with Gasteiger partial charge in [0.05, 0.1) is 6.07 Å². The summed E-state index contributed by atoms with van der Waals surface area (Å²) in [6.45, 7) is 1.54. The highest BCUT2D eigenvalue weighted by Gasteiger charge is 2.21. The van der Waals surface area contributed by atoms with E-state index in [9.17, 15) is 4.39 Å². The van der Waals surface area contributed by atoms with Gasteiger partial charge in [-0.15, -0.1) is 0 Å². The van der Waals surface area contributed by atoms with E-state index in [1.165, 1.54) is 19.1 Å². The van der Waals surface area contributed by atoms with Gasteiger partial charge in [0.2, 0.25) is 0 Å². The Bertz CT molecular complexity index is 362. The van der Waals surface area contributed by atoms with Crippen molar-refractivity contribution in [3.63, 3.8) is 0 Å². The van der Waals surface area contributed by atoms with E-state index in [1.54, 1.807) is 6.07 Å². The van der Waals surface area contributed by atoms with Gasteiger partial charge in [-0.3, -0.25) is 0 Å². The van der Waals surface area contributed by atoms with Crippen LogP contribution in [0.1, 0.15) is 12.5 Å². The Morgan fingerprint density at radius 2 is 2.29 bits per heavy atom. The van der Waals surface area contributed by atoms with Crippen LogP contribution in [0.5, 0.6) is 0 Å². The second-order valence-electron chi connectivity index (χ2n) is 3.41. The van der Waals surface area contributed by atoms with Gasteiger partial charge in [-0.1, -0.05) is 17.7 Å². The van der Waals surface area contributed by atoms with Gasteiger partial charge in [-0.05, 0) is 19.1 Å². The zero-order valence-corrected chi connectivity index (χ0v) is 8.48. The minimum absolute atomic E-state index is 0.106. The maximum absolute atomic E-state index is 13.3. The molecule has 0 spiro atoms. The molecule has 1 unspecified atom stereocenters. The molecule has 0 aliphatic rings. The van der Waals surface area contributed by atoms with E-state index in [-0.39, 0.29) is 6.42 Å². The van der Waals surface area contributed by atoms with E-state index in [0.29, 0.717) is 10.6 Å². The van der Waals surface area contributed by atoms with Crippen LogP contribution in [0, 0.1) is 17.1 Å². The Balaban J connectivity index is 3.04. The maximum atomic E-state index is 13.3. The summed E-state index contributed by atoms with van der Waals surface area (Å²) in [5.74, 6) is -0.426. The lowest BCUT2D eigenvalue weighted by atomic mass is 9.95. The summed E-state index contributed by atoms with van der Waals surface area (Å²) in [5.41, 5.74) is 4.80. The zero-order valence-electron chi connectivity index (χ0n) is 7.72. The van der Waals surface area contributed by atoms with E-state index in [2.05, 4.69) is 0 Å². The molecule has 0 fully saturated rings. The summed E-state index contributed by atoms with van der Waals surface area (Å²) >= 11 is 5.79. The second-order valence-corrected chi connectivity index (χ2v) is 3.81. The van der Waals surface area contributed by atoms with Crippen LogP contribution in [-0.4, -0.2) is 5.54 Å². The molecule has 1 aromatic carbocycles. The molecule has 0 saturated carbocycles. The third-order valence-electron chi connectivity index (χ3n) is 1.86. The molecule has 0 saturated heterocycles. The Labute approximate surface area is 87.1 Å². The monoisotopic (exact) mass is 212 g/mol. The van der Waals surface area contributed by atoms with Crippen molar-refractivity contribution < 1.29 is 4.39 Å². The minimum Gasteiger partial charge on any atom is -0.313 e. The van der Waals surface area contributed by atoms with Crippen LogP contribution in [0.3, 0.4) is 0 Å². The van der Waals surface area contributed by atoms with Crippen LogP contribution >= 0.6 is 11.6 Å². The number of rotatable bonds is 2. The normalized spacial score (nSPS) is 14.5. The van der Waals surface area contributed by atoms with Crippen LogP contribution in [0.4, 0.5) is 4.39 Å². The molecule has 1 atom stereocenters. The first-order valence-corrected chi connectivity index (χ1v) is 4.47. The highest BCUT2D eigenvalue weighted by molar-refractivity contribution is 6.31. The van der Waals surface area contributed by atoms with Gasteiger partial charge in [-0.25, -0.2) is 4.39 Å². The van der Waals surface area contributed by atoms with Gasteiger partial charge in [0, 0.05) is 17.0 Å².